The van der Waals surface area contributed by atoms with E-state index in [2.05, 4.69) is 54.5 Å². The van der Waals surface area contributed by atoms with Crippen LogP contribution in [0.25, 0.3) is 0 Å². The molecule has 4 saturated carbocycles. The van der Waals surface area contributed by atoms with Crippen LogP contribution in [0.1, 0.15) is 106 Å². The molecule has 3 heteroatoms. The Bertz CT molecular complexity index is 847. The van der Waals surface area contributed by atoms with Crippen LogP contribution in [0.3, 0.4) is 0 Å². The second-order valence-corrected chi connectivity index (χ2v) is 15.2. The Morgan fingerprint density at radius 1 is 0.788 bits per heavy atom. The van der Waals surface area contributed by atoms with Crippen LogP contribution in [0.4, 0.5) is 0 Å². The second-order valence-electron chi connectivity index (χ2n) is 15.2. The largest absolute Gasteiger partial charge is 0.396 e. The fourth-order valence-electron chi connectivity index (χ4n) is 10.7. The summed E-state index contributed by atoms with van der Waals surface area (Å²) in [5.74, 6) is 1.44. The van der Waals surface area contributed by atoms with Gasteiger partial charge in [0.05, 0.1) is 18.8 Å². The van der Waals surface area contributed by atoms with Crippen LogP contribution in [0.5, 0.6) is 0 Å². The van der Waals surface area contributed by atoms with Crippen molar-refractivity contribution in [2.45, 2.75) is 118 Å². The quantitative estimate of drug-likeness (QED) is 0.415. The molecule has 188 valence electrons. The van der Waals surface area contributed by atoms with E-state index in [1.54, 1.807) is 5.57 Å². The van der Waals surface area contributed by atoms with Crippen LogP contribution < -0.4 is 0 Å². The molecule has 3 nitrogen and oxygen atoms in total. The Kier molecular flexibility index (Phi) is 5.23. The van der Waals surface area contributed by atoms with E-state index in [0.29, 0.717) is 17.8 Å². The minimum atomic E-state index is -0.392. The summed E-state index contributed by atoms with van der Waals surface area (Å²) >= 11 is 0. The maximum Gasteiger partial charge on any atom is 0.0618 e. The van der Waals surface area contributed by atoms with E-state index in [9.17, 15) is 15.3 Å². The van der Waals surface area contributed by atoms with Crippen molar-refractivity contribution in [1.82, 2.24) is 0 Å². The number of fused-ring (bicyclic) bond motifs is 7. The predicted octanol–water partition coefficient (Wildman–Crippen LogP) is 6.11. The zero-order valence-corrected chi connectivity index (χ0v) is 22.4. The van der Waals surface area contributed by atoms with E-state index in [-0.39, 0.29) is 45.2 Å². The molecule has 0 saturated heterocycles. The van der Waals surface area contributed by atoms with Crippen molar-refractivity contribution in [3.05, 3.63) is 11.6 Å². The number of allylic oxidation sites excluding steroid dienone is 2. The van der Waals surface area contributed by atoms with Gasteiger partial charge in [-0.3, -0.25) is 0 Å². The molecule has 5 aliphatic carbocycles. The average molecular weight is 459 g/mol. The molecule has 5 aliphatic rings. The maximum atomic E-state index is 11.3. The van der Waals surface area contributed by atoms with Gasteiger partial charge in [0, 0.05) is 10.8 Å². The SMILES string of the molecule is CC1(C)C[C@@H](O)[C@]2(C)CC[C@]3(C)C(=CC[C@@H]4[C@@]5(C)CC[C@H](O)[C@](C)(CO)[C@H]5CC[C@]43C)[C@@H]2C1. The Morgan fingerprint density at radius 2 is 1.48 bits per heavy atom. The van der Waals surface area contributed by atoms with E-state index in [1.807, 2.05) is 0 Å². The lowest BCUT2D eigenvalue weighted by Gasteiger charge is -2.71. The zero-order chi connectivity index (χ0) is 24.2. The predicted molar refractivity (Wildman–Crippen MR) is 134 cm³/mol. The Morgan fingerprint density at radius 3 is 2.15 bits per heavy atom. The van der Waals surface area contributed by atoms with Gasteiger partial charge in [0.15, 0.2) is 0 Å². The first-order valence-electron chi connectivity index (χ1n) is 13.9. The molecule has 0 unspecified atom stereocenters. The van der Waals surface area contributed by atoms with Crippen molar-refractivity contribution >= 4 is 0 Å². The lowest BCUT2D eigenvalue weighted by Crippen LogP contribution is -2.66. The molecule has 3 N–H and O–H groups in total. The first-order chi connectivity index (χ1) is 15.2. The van der Waals surface area contributed by atoms with E-state index in [1.165, 1.54) is 19.3 Å². The molecule has 0 aromatic carbocycles. The highest BCUT2D eigenvalue weighted by molar-refractivity contribution is 5.34. The molecular weight excluding hydrogens is 408 g/mol. The summed E-state index contributed by atoms with van der Waals surface area (Å²) in [7, 11) is 0. The van der Waals surface area contributed by atoms with Gasteiger partial charge in [0.2, 0.25) is 0 Å². The summed E-state index contributed by atoms with van der Waals surface area (Å²) in [4.78, 5) is 0. The molecule has 4 fully saturated rings. The van der Waals surface area contributed by atoms with Gasteiger partial charge in [-0.25, -0.2) is 0 Å². The fourth-order valence-corrected chi connectivity index (χ4v) is 10.7. The van der Waals surface area contributed by atoms with Gasteiger partial charge in [-0.1, -0.05) is 60.1 Å². The van der Waals surface area contributed by atoms with Gasteiger partial charge in [0.1, 0.15) is 0 Å². The minimum Gasteiger partial charge on any atom is -0.396 e. The van der Waals surface area contributed by atoms with Crippen molar-refractivity contribution in [2.24, 2.45) is 50.2 Å². The number of aliphatic hydroxyl groups excluding tert-OH is 3. The van der Waals surface area contributed by atoms with Crippen LogP contribution in [0.2, 0.25) is 0 Å². The third kappa shape index (κ3) is 2.91. The first kappa shape index (κ1) is 24.3. The van der Waals surface area contributed by atoms with Gasteiger partial charge in [-0.15, -0.1) is 0 Å². The first-order valence-corrected chi connectivity index (χ1v) is 13.9. The molecule has 0 bridgehead atoms. The lowest BCUT2D eigenvalue weighted by molar-refractivity contribution is -0.218. The number of aliphatic hydroxyl groups is 3. The number of hydrogen-bond acceptors (Lipinski definition) is 3. The van der Waals surface area contributed by atoms with Gasteiger partial charge in [-0.05, 0) is 97.2 Å². The van der Waals surface area contributed by atoms with Crippen molar-refractivity contribution in [1.29, 1.82) is 0 Å². The van der Waals surface area contributed by atoms with E-state index in [0.717, 1.165) is 38.5 Å². The third-order valence-electron chi connectivity index (χ3n) is 13.2. The topological polar surface area (TPSA) is 60.7 Å². The van der Waals surface area contributed by atoms with E-state index >= 15 is 0 Å². The summed E-state index contributed by atoms with van der Waals surface area (Å²) < 4.78 is 0. The average Bonchev–Trinajstić information content (AvgIpc) is 2.73. The normalized spacial score (nSPS) is 57.8. The minimum absolute atomic E-state index is 0.00950. The summed E-state index contributed by atoms with van der Waals surface area (Å²) in [5.41, 5.74) is 2.04. The molecule has 0 radical (unpaired) electrons. The molecular formula is C30H50O3. The highest BCUT2D eigenvalue weighted by atomic mass is 16.3. The van der Waals surface area contributed by atoms with Gasteiger partial charge < -0.3 is 15.3 Å². The monoisotopic (exact) mass is 458 g/mol. The van der Waals surface area contributed by atoms with Gasteiger partial charge in [-0.2, -0.15) is 0 Å². The van der Waals surface area contributed by atoms with Crippen molar-refractivity contribution in [3.8, 4) is 0 Å². The van der Waals surface area contributed by atoms with E-state index in [4.69, 9.17) is 0 Å². The molecule has 0 aromatic rings. The molecule has 0 aliphatic heterocycles. The standard InChI is InChI=1S/C30H50O3/c1-25(2)16-20-19-8-9-22-27(4)12-11-23(32)28(5,18-31)21(27)10-13-30(22,7)29(19,6)15-14-26(20,3)24(33)17-25/h8,20-24,31-33H,9-18H2,1-7H3/t20-,21-,22+,23-,24+,26+,27-,28+,29+,30+/m0/s1. The van der Waals surface area contributed by atoms with Crippen LogP contribution >= 0.6 is 0 Å². The summed E-state index contributed by atoms with van der Waals surface area (Å²) in [6.07, 6.45) is 11.7. The smallest absolute Gasteiger partial charge is 0.0618 e. The molecule has 0 spiro atoms. The Balaban J connectivity index is 1.58. The molecule has 5 rings (SSSR count). The summed E-state index contributed by atoms with van der Waals surface area (Å²) in [5, 5.41) is 32.6. The Hall–Kier alpha value is -0.380. The molecule has 10 atom stereocenters. The van der Waals surface area contributed by atoms with Crippen molar-refractivity contribution < 1.29 is 15.3 Å². The highest BCUT2D eigenvalue weighted by Crippen LogP contribution is 2.75. The van der Waals surface area contributed by atoms with Crippen molar-refractivity contribution in [3.63, 3.8) is 0 Å². The number of rotatable bonds is 1. The molecule has 0 amide bonds. The Labute approximate surface area is 202 Å². The van der Waals surface area contributed by atoms with E-state index < -0.39 is 6.10 Å². The highest BCUT2D eigenvalue weighted by Gasteiger charge is 2.69. The van der Waals surface area contributed by atoms with Crippen LogP contribution in [0, 0.1) is 50.2 Å². The summed E-state index contributed by atoms with van der Waals surface area (Å²) in [6, 6.07) is 0. The molecule has 33 heavy (non-hydrogen) atoms. The lowest BCUT2D eigenvalue weighted by atomic mass is 9.33. The fraction of sp³-hybridized carbons (Fsp3) is 0.933. The summed E-state index contributed by atoms with van der Waals surface area (Å²) in [6.45, 7) is 17.0. The van der Waals surface area contributed by atoms with Gasteiger partial charge >= 0.3 is 0 Å². The van der Waals surface area contributed by atoms with Gasteiger partial charge in [0.25, 0.3) is 0 Å². The molecule has 0 aromatic heterocycles. The van der Waals surface area contributed by atoms with Crippen LogP contribution in [-0.2, 0) is 0 Å². The third-order valence-corrected chi connectivity index (χ3v) is 13.2. The maximum absolute atomic E-state index is 11.3. The van der Waals surface area contributed by atoms with Crippen molar-refractivity contribution in [2.75, 3.05) is 6.61 Å². The van der Waals surface area contributed by atoms with Crippen LogP contribution in [-0.4, -0.2) is 34.1 Å². The second kappa shape index (κ2) is 7.10. The van der Waals surface area contributed by atoms with Crippen LogP contribution in [0.15, 0.2) is 11.6 Å². The zero-order valence-electron chi connectivity index (χ0n) is 22.4. The molecule has 0 heterocycles. The number of hydrogen-bond donors (Lipinski definition) is 3.